The summed E-state index contributed by atoms with van der Waals surface area (Å²) in [7, 11) is 0. The topological polar surface area (TPSA) is 38.3 Å². The van der Waals surface area contributed by atoms with Crippen molar-refractivity contribution >= 4 is 6.09 Å². The van der Waals surface area contributed by atoms with E-state index < -0.39 is 18.8 Å². The zero-order chi connectivity index (χ0) is 10.1. The van der Waals surface area contributed by atoms with Crippen molar-refractivity contribution in [2.24, 2.45) is 0 Å². The van der Waals surface area contributed by atoms with Crippen molar-refractivity contribution in [3.05, 3.63) is 25.3 Å². The molecule has 1 unspecified atom stereocenters. The Kier molecular flexibility index (Phi) is 6.59. The van der Waals surface area contributed by atoms with Crippen LogP contribution >= 0.6 is 0 Å². The number of carbonyl (C=O) groups excluding carboxylic acids is 1. The van der Waals surface area contributed by atoms with Crippen LogP contribution in [0.4, 0.5) is 9.18 Å². The number of alkyl halides is 1. The maximum Gasteiger partial charge on any atom is 0.407 e. The number of alkyl carbamates (subject to hydrolysis) is 1. The largest absolute Gasteiger partial charge is 0.445 e. The van der Waals surface area contributed by atoms with Crippen LogP contribution in [-0.4, -0.2) is 25.4 Å². The maximum atomic E-state index is 12.2. The van der Waals surface area contributed by atoms with Crippen LogP contribution in [0.25, 0.3) is 0 Å². The Morgan fingerprint density at radius 1 is 1.54 bits per heavy atom. The Hall–Kier alpha value is -1.32. The Balaban J connectivity index is 3.71. The van der Waals surface area contributed by atoms with Crippen LogP contribution in [0.15, 0.2) is 25.3 Å². The van der Waals surface area contributed by atoms with E-state index in [0.717, 1.165) is 0 Å². The lowest BCUT2D eigenvalue weighted by atomic mass is 10.2. The summed E-state index contributed by atoms with van der Waals surface area (Å²) >= 11 is 0. The highest BCUT2D eigenvalue weighted by atomic mass is 19.1. The van der Waals surface area contributed by atoms with Crippen LogP contribution in [0.3, 0.4) is 0 Å². The molecule has 0 fully saturated rings. The summed E-state index contributed by atoms with van der Waals surface area (Å²) < 4.78 is 16.8. The second kappa shape index (κ2) is 7.34. The minimum absolute atomic E-state index is 0.124. The van der Waals surface area contributed by atoms with Crippen LogP contribution in [0.2, 0.25) is 0 Å². The number of amides is 1. The molecule has 0 aliphatic rings. The summed E-state index contributed by atoms with van der Waals surface area (Å²) in [6.45, 7) is 6.31. The zero-order valence-electron chi connectivity index (χ0n) is 7.46. The van der Waals surface area contributed by atoms with Gasteiger partial charge in [0.2, 0.25) is 0 Å². The van der Waals surface area contributed by atoms with Crippen LogP contribution in [0.5, 0.6) is 0 Å². The zero-order valence-corrected chi connectivity index (χ0v) is 7.46. The number of halogens is 1. The quantitative estimate of drug-likeness (QED) is 0.644. The molecule has 0 heterocycles. The van der Waals surface area contributed by atoms with Gasteiger partial charge in [-0.2, -0.15) is 0 Å². The summed E-state index contributed by atoms with van der Waals surface area (Å²) in [5, 5.41) is 2.35. The molecule has 3 nitrogen and oxygen atoms in total. The lowest BCUT2D eigenvalue weighted by molar-refractivity contribution is 0.152. The van der Waals surface area contributed by atoms with E-state index in [1.165, 1.54) is 12.2 Å². The number of hydrogen-bond acceptors (Lipinski definition) is 2. The lowest BCUT2D eigenvalue weighted by Crippen LogP contribution is -2.36. The highest BCUT2D eigenvalue weighted by Crippen LogP contribution is 1.94. The molecule has 0 radical (unpaired) electrons. The number of nitrogens with one attached hydrogen (secondary N) is 1. The Morgan fingerprint density at radius 2 is 2.23 bits per heavy atom. The van der Waals surface area contributed by atoms with Crippen molar-refractivity contribution in [1.29, 1.82) is 0 Å². The molecule has 13 heavy (non-hydrogen) atoms. The molecule has 74 valence electrons. The number of carbonyl (C=O) groups is 1. The van der Waals surface area contributed by atoms with E-state index in [2.05, 4.69) is 23.2 Å². The van der Waals surface area contributed by atoms with Crippen LogP contribution in [0, 0.1) is 0 Å². The third kappa shape index (κ3) is 5.90. The van der Waals surface area contributed by atoms with Crippen molar-refractivity contribution in [2.45, 2.75) is 12.5 Å². The molecule has 0 aromatic rings. The molecule has 1 atom stereocenters. The normalized spacial score (nSPS) is 11.5. The molecule has 0 aromatic carbocycles. The predicted octanol–water partition coefficient (Wildman–Crippen LogP) is 1.81. The van der Waals surface area contributed by atoms with E-state index in [0.29, 0.717) is 6.42 Å². The fourth-order valence-electron chi connectivity index (χ4n) is 0.705. The number of ether oxygens (including phenoxy) is 1. The molecule has 0 aromatic heterocycles. The lowest BCUT2D eigenvalue weighted by Gasteiger charge is -2.12. The predicted molar refractivity (Wildman–Crippen MR) is 49.3 cm³/mol. The van der Waals surface area contributed by atoms with Crippen molar-refractivity contribution in [2.75, 3.05) is 13.3 Å². The maximum absolute atomic E-state index is 12.2. The van der Waals surface area contributed by atoms with Gasteiger partial charge in [-0.05, 0) is 6.42 Å². The van der Waals surface area contributed by atoms with Crippen molar-refractivity contribution in [3.63, 3.8) is 0 Å². The second-order valence-electron chi connectivity index (χ2n) is 2.41. The molecule has 1 N–H and O–H groups in total. The third-order valence-electron chi connectivity index (χ3n) is 1.29. The standard InChI is InChI=1S/C9H14FNO2/c1-3-5-8(7-10)11-9(12)13-6-4-2/h3-4,8H,1-2,5-7H2,(H,11,12). The Labute approximate surface area is 77.3 Å². The van der Waals surface area contributed by atoms with Crippen molar-refractivity contribution in [3.8, 4) is 0 Å². The highest BCUT2D eigenvalue weighted by Gasteiger charge is 2.10. The van der Waals surface area contributed by atoms with Crippen LogP contribution in [-0.2, 0) is 4.74 Å². The van der Waals surface area contributed by atoms with E-state index in [-0.39, 0.29) is 6.61 Å². The van der Waals surface area contributed by atoms with Gasteiger partial charge in [0, 0.05) is 0 Å². The van der Waals surface area contributed by atoms with Gasteiger partial charge < -0.3 is 10.1 Å². The second-order valence-corrected chi connectivity index (χ2v) is 2.41. The first kappa shape index (κ1) is 11.7. The summed E-state index contributed by atoms with van der Waals surface area (Å²) in [5.41, 5.74) is 0. The van der Waals surface area contributed by atoms with Crippen molar-refractivity contribution < 1.29 is 13.9 Å². The molecule has 0 saturated carbocycles. The molecule has 4 heteroatoms. The molecule has 0 aliphatic heterocycles. The van der Waals surface area contributed by atoms with Crippen LogP contribution in [0.1, 0.15) is 6.42 Å². The van der Waals surface area contributed by atoms with Gasteiger partial charge in [-0.15, -0.1) is 6.58 Å². The van der Waals surface area contributed by atoms with Crippen LogP contribution < -0.4 is 5.32 Å². The Morgan fingerprint density at radius 3 is 2.69 bits per heavy atom. The average molecular weight is 187 g/mol. The van der Waals surface area contributed by atoms with E-state index in [4.69, 9.17) is 0 Å². The van der Waals surface area contributed by atoms with Gasteiger partial charge in [0.15, 0.2) is 0 Å². The minimum Gasteiger partial charge on any atom is -0.445 e. The van der Waals surface area contributed by atoms with Gasteiger partial charge in [-0.3, -0.25) is 0 Å². The van der Waals surface area contributed by atoms with E-state index in [1.54, 1.807) is 0 Å². The highest BCUT2D eigenvalue weighted by molar-refractivity contribution is 5.67. The van der Waals surface area contributed by atoms with E-state index >= 15 is 0 Å². The smallest absolute Gasteiger partial charge is 0.407 e. The summed E-state index contributed by atoms with van der Waals surface area (Å²) in [5.74, 6) is 0. The fraction of sp³-hybridized carbons (Fsp3) is 0.444. The minimum atomic E-state index is -0.635. The van der Waals surface area contributed by atoms with E-state index in [1.807, 2.05) is 0 Å². The third-order valence-corrected chi connectivity index (χ3v) is 1.29. The van der Waals surface area contributed by atoms with Gasteiger partial charge in [-0.25, -0.2) is 9.18 Å². The van der Waals surface area contributed by atoms with Crippen molar-refractivity contribution in [1.82, 2.24) is 5.32 Å². The monoisotopic (exact) mass is 187 g/mol. The molecule has 0 saturated heterocycles. The summed E-state index contributed by atoms with van der Waals surface area (Å²) in [6.07, 6.45) is 2.74. The van der Waals surface area contributed by atoms with Gasteiger partial charge in [0.25, 0.3) is 0 Å². The SMILES string of the molecule is C=CCOC(=O)NC(CF)CC=C. The molecule has 0 spiro atoms. The molecule has 0 bridgehead atoms. The molecule has 0 aliphatic carbocycles. The van der Waals surface area contributed by atoms with E-state index in [9.17, 15) is 9.18 Å². The molecular weight excluding hydrogens is 173 g/mol. The van der Waals surface area contributed by atoms with Gasteiger partial charge >= 0.3 is 6.09 Å². The first-order chi connectivity index (χ1) is 6.24. The average Bonchev–Trinajstić information content (AvgIpc) is 2.14. The molecule has 0 rings (SSSR count). The fourth-order valence-corrected chi connectivity index (χ4v) is 0.705. The number of hydrogen-bond donors (Lipinski definition) is 1. The molecular formula is C9H14FNO2. The van der Waals surface area contributed by atoms with Gasteiger partial charge in [0.1, 0.15) is 13.3 Å². The van der Waals surface area contributed by atoms with Gasteiger partial charge in [-0.1, -0.05) is 18.7 Å². The summed E-state index contributed by atoms with van der Waals surface area (Å²) in [6, 6.07) is -0.546. The van der Waals surface area contributed by atoms with Gasteiger partial charge in [0.05, 0.1) is 6.04 Å². The first-order valence-electron chi connectivity index (χ1n) is 3.95. The molecule has 1 amide bonds. The first-order valence-corrected chi connectivity index (χ1v) is 3.95. The summed E-state index contributed by atoms with van der Waals surface area (Å²) in [4.78, 5) is 10.9. The number of rotatable bonds is 6. The Bertz CT molecular complexity index is 182.